The van der Waals surface area contributed by atoms with Gasteiger partial charge in [-0.3, -0.25) is 4.57 Å². The van der Waals surface area contributed by atoms with Crippen molar-refractivity contribution in [3.05, 3.63) is 96.6 Å². The van der Waals surface area contributed by atoms with E-state index in [-0.39, 0.29) is 0 Å². The average Bonchev–Trinajstić information content (AvgIpc) is 2.69. The predicted octanol–water partition coefficient (Wildman–Crippen LogP) is 5.66. The second-order valence-corrected chi connectivity index (χ2v) is 9.50. The molecule has 0 saturated carbocycles. The molecule has 0 aliphatic carbocycles. The first-order chi connectivity index (χ1) is 13.1. The highest BCUT2D eigenvalue weighted by Gasteiger charge is 2.29. The van der Waals surface area contributed by atoms with Gasteiger partial charge in [-0.15, -0.1) is 6.58 Å². The molecule has 2 rings (SSSR count). The van der Waals surface area contributed by atoms with E-state index in [0.29, 0.717) is 19.3 Å². The van der Waals surface area contributed by atoms with Gasteiger partial charge in [-0.1, -0.05) is 91.0 Å². The molecule has 0 radical (unpaired) electrons. The maximum atomic E-state index is 13.6. The lowest BCUT2D eigenvalue weighted by atomic mass is 10.2. The Morgan fingerprint density at radius 3 is 1.59 bits per heavy atom. The smallest absolute Gasteiger partial charge is 0.220 e. The second kappa shape index (κ2) is 10.8. The summed E-state index contributed by atoms with van der Waals surface area (Å²) in [6.45, 7) is 5.04. The molecular formula is C23H29N2OP. The molecule has 0 saturated heterocycles. The first kappa shape index (κ1) is 21.1. The van der Waals surface area contributed by atoms with Gasteiger partial charge in [0.2, 0.25) is 7.44 Å². The van der Waals surface area contributed by atoms with Crippen molar-refractivity contribution in [1.29, 1.82) is 0 Å². The van der Waals surface area contributed by atoms with Crippen molar-refractivity contribution in [1.82, 2.24) is 9.34 Å². The van der Waals surface area contributed by atoms with Crippen LogP contribution >= 0.6 is 7.44 Å². The summed E-state index contributed by atoms with van der Waals surface area (Å²) >= 11 is 0. The van der Waals surface area contributed by atoms with Crippen LogP contribution in [0.5, 0.6) is 0 Å². The summed E-state index contributed by atoms with van der Waals surface area (Å²) in [4.78, 5) is 0. The van der Waals surface area contributed by atoms with Gasteiger partial charge in [0.15, 0.2) is 0 Å². The van der Waals surface area contributed by atoms with Gasteiger partial charge in [-0.25, -0.2) is 9.34 Å². The molecule has 0 amide bonds. The molecule has 0 aliphatic heterocycles. The Morgan fingerprint density at radius 2 is 1.22 bits per heavy atom. The molecule has 0 aliphatic rings. The minimum absolute atomic E-state index is 0.457. The molecule has 0 N–H and O–H groups in total. The van der Waals surface area contributed by atoms with Gasteiger partial charge in [-0.05, 0) is 25.2 Å². The average molecular weight is 380 g/mol. The highest BCUT2D eigenvalue weighted by atomic mass is 31.2. The maximum absolute atomic E-state index is 13.6. The highest BCUT2D eigenvalue weighted by molar-refractivity contribution is 7.59. The number of nitrogens with zero attached hydrogens (tertiary/aromatic N) is 2. The Morgan fingerprint density at radius 1 is 0.815 bits per heavy atom. The summed E-state index contributed by atoms with van der Waals surface area (Å²) in [7, 11) is 1.13. The van der Waals surface area contributed by atoms with Crippen molar-refractivity contribution in [2.75, 3.05) is 33.3 Å². The van der Waals surface area contributed by atoms with Crippen LogP contribution in [0.2, 0.25) is 0 Å². The summed E-state index contributed by atoms with van der Waals surface area (Å²) < 4.78 is 17.5. The maximum Gasteiger partial charge on any atom is 0.220 e. The van der Waals surface area contributed by atoms with Gasteiger partial charge < -0.3 is 0 Å². The van der Waals surface area contributed by atoms with Crippen molar-refractivity contribution >= 4 is 19.6 Å². The zero-order chi connectivity index (χ0) is 19.5. The SMILES string of the molecule is C=CCP(=O)(N(C)C/C=C/c1ccccc1)N(C)C/C=C/c1ccccc1. The number of hydrogen-bond acceptors (Lipinski definition) is 1. The van der Waals surface area contributed by atoms with E-state index in [9.17, 15) is 4.57 Å². The minimum atomic E-state index is -2.70. The number of benzene rings is 2. The number of allylic oxidation sites excluding steroid dienone is 1. The molecule has 0 aromatic heterocycles. The highest BCUT2D eigenvalue weighted by Crippen LogP contribution is 2.51. The van der Waals surface area contributed by atoms with E-state index in [2.05, 4.69) is 55.1 Å². The van der Waals surface area contributed by atoms with Crippen LogP contribution in [0.4, 0.5) is 0 Å². The zero-order valence-corrected chi connectivity index (χ0v) is 17.1. The van der Waals surface area contributed by atoms with Crippen LogP contribution in [0.15, 0.2) is 85.5 Å². The van der Waals surface area contributed by atoms with Crippen LogP contribution < -0.4 is 0 Å². The Hall–Kier alpha value is -2.19. The van der Waals surface area contributed by atoms with Gasteiger partial charge >= 0.3 is 0 Å². The number of rotatable bonds is 10. The molecule has 142 valence electrons. The lowest BCUT2D eigenvalue weighted by Crippen LogP contribution is -2.28. The van der Waals surface area contributed by atoms with Gasteiger partial charge in [0.1, 0.15) is 0 Å². The largest absolute Gasteiger partial charge is 0.288 e. The van der Waals surface area contributed by atoms with Crippen LogP contribution in [0.1, 0.15) is 11.1 Å². The molecule has 27 heavy (non-hydrogen) atoms. The Balaban J connectivity index is 2.00. The van der Waals surface area contributed by atoms with Crippen molar-refractivity contribution < 1.29 is 4.57 Å². The summed E-state index contributed by atoms with van der Waals surface area (Å²) in [5.74, 6) is 0. The summed E-state index contributed by atoms with van der Waals surface area (Å²) in [5, 5.41) is 0. The lowest BCUT2D eigenvalue weighted by molar-refractivity contribution is 0.422. The molecule has 0 atom stereocenters. The molecule has 2 aromatic rings. The fourth-order valence-electron chi connectivity index (χ4n) is 2.77. The van der Waals surface area contributed by atoms with Gasteiger partial charge in [-0.2, -0.15) is 0 Å². The van der Waals surface area contributed by atoms with Crippen LogP contribution in [-0.2, 0) is 4.57 Å². The fourth-order valence-corrected chi connectivity index (χ4v) is 4.89. The molecular weight excluding hydrogens is 351 g/mol. The van der Waals surface area contributed by atoms with Gasteiger partial charge in [0.25, 0.3) is 0 Å². The van der Waals surface area contributed by atoms with Crippen molar-refractivity contribution in [3.8, 4) is 0 Å². The van der Waals surface area contributed by atoms with Crippen LogP contribution in [0.25, 0.3) is 12.2 Å². The topological polar surface area (TPSA) is 23.6 Å². The fraction of sp³-hybridized carbons (Fsp3) is 0.217. The minimum Gasteiger partial charge on any atom is -0.288 e. The van der Waals surface area contributed by atoms with E-state index < -0.39 is 7.44 Å². The molecule has 0 unspecified atom stereocenters. The Labute approximate surface area is 163 Å². The summed E-state index contributed by atoms with van der Waals surface area (Å²) in [5.41, 5.74) is 2.28. The van der Waals surface area contributed by atoms with E-state index in [1.165, 1.54) is 0 Å². The van der Waals surface area contributed by atoms with E-state index in [1.54, 1.807) is 6.08 Å². The molecule has 0 bridgehead atoms. The second-order valence-electron chi connectivity index (χ2n) is 6.44. The molecule has 4 heteroatoms. The van der Waals surface area contributed by atoms with E-state index in [0.717, 1.165) is 11.1 Å². The Kier molecular flexibility index (Phi) is 8.47. The van der Waals surface area contributed by atoms with Crippen molar-refractivity contribution in [2.45, 2.75) is 0 Å². The Bertz CT molecular complexity index is 738. The van der Waals surface area contributed by atoms with Gasteiger partial charge in [0.05, 0.1) is 0 Å². The molecule has 3 nitrogen and oxygen atoms in total. The summed E-state index contributed by atoms with van der Waals surface area (Å²) in [6.07, 6.45) is 10.4. The molecule has 2 aromatic carbocycles. The molecule has 0 spiro atoms. The molecule has 0 fully saturated rings. The van der Waals surface area contributed by atoms with Crippen LogP contribution in [0, 0.1) is 0 Å². The first-order valence-electron chi connectivity index (χ1n) is 9.12. The number of likely N-dealkylation sites (N-methyl/N-ethyl adjacent to an activating group) is 2. The predicted molar refractivity (Wildman–Crippen MR) is 119 cm³/mol. The van der Waals surface area contributed by atoms with Gasteiger partial charge in [0, 0.05) is 19.3 Å². The van der Waals surface area contributed by atoms with E-state index >= 15 is 0 Å². The number of hydrogen-bond donors (Lipinski definition) is 0. The molecule has 0 heterocycles. The quantitative estimate of drug-likeness (QED) is 0.393. The van der Waals surface area contributed by atoms with Crippen molar-refractivity contribution in [2.24, 2.45) is 0 Å². The van der Waals surface area contributed by atoms with E-state index in [4.69, 9.17) is 0 Å². The standard InChI is InChI=1S/C23H29N2OP/c1-4-21-27(26,24(2)19-11-17-22-13-7-5-8-14-22)25(3)20-12-18-23-15-9-6-10-16-23/h4-18H,1,19-21H2,2-3H3/b17-11+,18-12+. The van der Waals surface area contributed by atoms with Crippen LogP contribution in [-0.4, -0.2) is 42.7 Å². The third-order valence-electron chi connectivity index (χ3n) is 4.39. The monoisotopic (exact) mass is 380 g/mol. The van der Waals surface area contributed by atoms with Crippen molar-refractivity contribution in [3.63, 3.8) is 0 Å². The third kappa shape index (κ3) is 6.48. The van der Waals surface area contributed by atoms with E-state index in [1.807, 2.05) is 59.8 Å². The normalized spacial score (nSPS) is 12.4. The third-order valence-corrected chi connectivity index (χ3v) is 7.59. The van der Waals surface area contributed by atoms with Crippen LogP contribution in [0.3, 0.4) is 0 Å². The first-order valence-corrected chi connectivity index (χ1v) is 10.9. The summed E-state index contributed by atoms with van der Waals surface area (Å²) in [6, 6.07) is 20.3. The lowest BCUT2D eigenvalue weighted by Gasteiger charge is -2.33. The zero-order valence-electron chi connectivity index (χ0n) is 16.2.